The molecule has 1 unspecified atom stereocenters. The van der Waals surface area contributed by atoms with E-state index in [2.05, 4.69) is 31.0 Å². The lowest BCUT2D eigenvalue weighted by atomic mass is 10.3. The molecule has 1 amide bonds. The second-order valence-electron chi connectivity index (χ2n) is 5.69. The second-order valence-corrected chi connectivity index (χ2v) is 5.69. The number of rotatable bonds is 1. The van der Waals surface area contributed by atoms with Crippen molar-refractivity contribution in [3.05, 3.63) is 36.0 Å². The summed E-state index contributed by atoms with van der Waals surface area (Å²) in [5.74, 6) is 2.06. The Kier molecular flexibility index (Phi) is 3.60. The lowest BCUT2D eigenvalue weighted by molar-refractivity contribution is 0.0932. The summed E-state index contributed by atoms with van der Waals surface area (Å²) in [4.78, 5) is 21.5. The zero-order chi connectivity index (χ0) is 17.4. The van der Waals surface area contributed by atoms with Crippen LogP contribution in [-0.2, 0) is 0 Å². The van der Waals surface area contributed by atoms with E-state index < -0.39 is 0 Å². The summed E-state index contributed by atoms with van der Waals surface area (Å²) in [6.45, 7) is 2.21. The van der Waals surface area contributed by atoms with E-state index in [4.69, 9.17) is 4.74 Å². The topological polar surface area (TPSA) is 105 Å². The van der Waals surface area contributed by atoms with Crippen LogP contribution in [0.15, 0.2) is 30.5 Å². The molecule has 4 heterocycles. The summed E-state index contributed by atoms with van der Waals surface area (Å²) in [6.07, 6.45) is 1.27. The average molecular weight is 339 g/mol. The Morgan fingerprint density at radius 1 is 1.32 bits per heavy atom. The highest BCUT2D eigenvalue weighted by Gasteiger charge is 2.19. The van der Waals surface area contributed by atoms with E-state index in [0.29, 0.717) is 41.1 Å². The fourth-order valence-electron chi connectivity index (χ4n) is 2.63. The number of aromatic nitrogens is 4. The number of hydrogen-bond donors (Lipinski definition) is 3. The summed E-state index contributed by atoms with van der Waals surface area (Å²) < 4.78 is 7.34. The lowest BCUT2D eigenvalue weighted by Crippen LogP contribution is -2.33. The molecule has 1 atom stereocenters. The van der Waals surface area contributed by atoms with Crippen molar-refractivity contribution in [1.82, 2.24) is 24.9 Å². The van der Waals surface area contributed by atoms with Crippen LogP contribution < -0.4 is 20.7 Å². The summed E-state index contributed by atoms with van der Waals surface area (Å²) >= 11 is 0. The molecule has 128 valence electrons. The Morgan fingerprint density at radius 3 is 3.04 bits per heavy atom. The molecule has 0 fully saturated rings. The molecule has 1 aliphatic rings. The number of nitrogens with zero attached hydrogens (tertiary/aromatic N) is 4. The lowest BCUT2D eigenvalue weighted by Gasteiger charge is -2.14. The molecule has 9 nitrogen and oxygen atoms in total. The van der Waals surface area contributed by atoms with E-state index in [1.54, 1.807) is 23.7 Å². The van der Waals surface area contributed by atoms with E-state index in [1.165, 1.54) is 6.20 Å². The number of pyridine rings is 1. The van der Waals surface area contributed by atoms with Gasteiger partial charge in [0.25, 0.3) is 5.91 Å². The number of fused-ring (bicyclic) bond motifs is 3. The van der Waals surface area contributed by atoms with Crippen LogP contribution in [0.5, 0.6) is 5.88 Å². The van der Waals surface area contributed by atoms with E-state index >= 15 is 0 Å². The molecule has 0 aromatic carbocycles. The predicted octanol–water partition coefficient (Wildman–Crippen LogP) is 1.42. The zero-order valence-corrected chi connectivity index (χ0v) is 13.8. The summed E-state index contributed by atoms with van der Waals surface area (Å²) in [6, 6.07) is 7.23. The van der Waals surface area contributed by atoms with Gasteiger partial charge in [-0.3, -0.25) is 4.79 Å². The molecule has 0 aliphatic carbocycles. The summed E-state index contributed by atoms with van der Waals surface area (Å²) in [5, 5.41) is 13.3. The van der Waals surface area contributed by atoms with Gasteiger partial charge in [-0.2, -0.15) is 14.6 Å². The van der Waals surface area contributed by atoms with Crippen LogP contribution in [0.25, 0.3) is 5.65 Å². The van der Waals surface area contributed by atoms with Gasteiger partial charge in [-0.15, -0.1) is 0 Å². The van der Waals surface area contributed by atoms with Crippen LogP contribution in [0.4, 0.5) is 17.5 Å². The largest absolute Gasteiger partial charge is 0.473 e. The quantitative estimate of drug-likeness (QED) is 0.616. The Hall–Kier alpha value is -3.36. The fraction of sp³-hybridized carbons (Fsp3) is 0.250. The van der Waals surface area contributed by atoms with E-state index in [-0.39, 0.29) is 12.0 Å². The minimum absolute atomic E-state index is 0.234. The van der Waals surface area contributed by atoms with Gasteiger partial charge in [0.15, 0.2) is 5.65 Å². The third-order valence-corrected chi connectivity index (χ3v) is 3.82. The molecule has 0 radical (unpaired) electrons. The molecule has 0 spiro atoms. The summed E-state index contributed by atoms with van der Waals surface area (Å²) in [7, 11) is 1.78. The van der Waals surface area contributed by atoms with Gasteiger partial charge in [0.1, 0.15) is 29.1 Å². The maximum absolute atomic E-state index is 12.5. The minimum atomic E-state index is -0.254. The number of carbonyl (C=O) groups excluding carboxylic acids is 1. The standard InChI is InChI=1S/C16H17N7O2/c1-9-7-18-16(24)10-8-19-23-13(17-2)6-12(22-15(10)23)20-11-4-3-5-14(21-11)25-9/h3-6,8-9,17H,7H2,1-2H3,(H,18,24)(H,20,21,22). The van der Waals surface area contributed by atoms with Crippen LogP contribution >= 0.6 is 0 Å². The number of hydrogen-bond acceptors (Lipinski definition) is 7. The molecular weight excluding hydrogens is 322 g/mol. The molecule has 4 rings (SSSR count). The molecule has 3 N–H and O–H groups in total. The van der Waals surface area contributed by atoms with Crippen LogP contribution in [0.2, 0.25) is 0 Å². The molecular formula is C16H17N7O2. The first-order valence-electron chi connectivity index (χ1n) is 7.89. The van der Waals surface area contributed by atoms with Gasteiger partial charge in [-0.25, -0.2) is 4.98 Å². The normalized spacial score (nSPS) is 16.9. The van der Waals surface area contributed by atoms with Gasteiger partial charge in [0.05, 0.1) is 12.7 Å². The maximum atomic E-state index is 12.5. The molecule has 25 heavy (non-hydrogen) atoms. The second kappa shape index (κ2) is 5.93. The van der Waals surface area contributed by atoms with E-state index in [9.17, 15) is 4.79 Å². The number of carbonyl (C=O) groups is 1. The predicted molar refractivity (Wildman–Crippen MR) is 92.5 cm³/mol. The third-order valence-electron chi connectivity index (χ3n) is 3.82. The van der Waals surface area contributed by atoms with Crippen molar-refractivity contribution in [3.8, 4) is 5.88 Å². The number of amides is 1. The van der Waals surface area contributed by atoms with Crippen LogP contribution in [-0.4, -0.2) is 45.2 Å². The Morgan fingerprint density at radius 2 is 2.20 bits per heavy atom. The maximum Gasteiger partial charge on any atom is 0.256 e. The monoisotopic (exact) mass is 339 g/mol. The van der Waals surface area contributed by atoms with Gasteiger partial charge in [0.2, 0.25) is 5.88 Å². The van der Waals surface area contributed by atoms with Gasteiger partial charge in [-0.1, -0.05) is 6.07 Å². The SMILES string of the molecule is CNc1cc2nc3c(cnn13)C(=O)NCC(C)Oc1cccc(n1)N2. The van der Waals surface area contributed by atoms with E-state index in [1.807, 2.05) is 19.1 Å². The Bertz CT molecular complexity index is 953. The van der Waals surface area contributed by atoms with Crippen LogP contribution in [0.3, 0.4) is 0 Å². The first-order valence-corrected chi connectivity index (χ1v) is 7.89. The Labute approximate surface area is 143 Å². The van der Waals surface area contributed by atoms with Gasteiger partial charge < -0.3 is 20.7 Å². The van der Waals surface area contributed by atoms with Crippen molar-refractivity contribution in [2.24, 2.45) is 0 Å². The first kappa shape index (κ1) is 15.2. The molecule has 0 saturated carbocycles. The van der Waals surface area contributed by atoms with Crippen LogP contribution in [0.1, 0.15) is 17.3 Å². The van der Waals surface area contributed by atoms with E-state index in [0.717, 1.165) is 0 Å². The zero-order valence-electron chi connectivity index (χ0n) is 13.8. The molecule has 9 heteroatoms. The van der Waals surface area contributed by atoms with Crippen molar-refractivity contribution in [1.29, 1.82) is 0 Å². The third kappa shape index (κ3) is 2.80. The first-order chi connectivity index (χ1) is 12.1. The molecule has 1 aliphatic heterocycles. The van der Waals surface area contributed by atoms with Crippen molar-refractivity contribution < 1.29 is 9.53 Å². The average Bonchev–Trinajstić information content (AvgIpc) is 3.02. The highest BCUT2D eigenvalue weighted by atomic mass is 16.5. The number of anilines is 3. The molecule has 0 saturated heterocycles. The fourth-order valence-corrected chi connectivity index (χ4v) is 2.63. The van der Waals surface area contributed by atoms with Gasteiger partial charge >= 0.3 is 0 Å². The minimum Gasteiger partial charge on any atom is -0.473 e. The molecule has 3 aromatic heterocycles. The highest BCUT2D eigenvalue weighted by Crippen LogP contribution is 2.22. The van der Waals surface area contributed by atoms with Gasteiger partial charge in [0, 0.05) is 19.2 Å². The summed E-state index contributed by atoms with van der Waals surface area (Å²) in [5.41, 5.74) is 0.849. The smallest absolute Gasteiger partial charge is 0.256 e. The molecule has 4 bridgehead atoms. The van der Waals surface area contributed by atoms with Crippen molar-refractivity contribution in [2.75, 3.05) is 24.2 Å². The van der Waals surface area contributed by atoms with Crippen molar-refractivity contribution in [3.63, 3.8) is 0 Å². The van der Waals surface area contributed by atoms with Crippen molar-refractivity contribution in [2.45, 2.75) is 13.0 Å². The number of ether oxygens (including phenoxy) is 1. The Balaban J connectivity index is 1.88. The number of nitrogens with one attached hydrogen (secondary N) is 3. The van der Waals surface area contributed by atoms with Crippen molar-refractivity contribution >= 4 is 29.0 Å². The highest BCUT2D eigenvalue weighted by molar-refractivity contribution is 6.00. The van der Waals surface area contributed by atoms with Crippen LogP contribution in [0, 0.1) is 0 Å². The van der Waals surface area contributed by atoms with Gasteiger partial charge in [-0.05, 0) is 13.0 Å². The molecule has 3 aromatic rings.